The minimum Gasteiger partial charge on any atom is -0.224 e. The van der Waals surface area contributed by atoms with Gasteiger partial charge in [0.2, 0.25) is 0 Å². The van der Waals surface area contributed by atoms with Gasteiger partial charge < -0.3 is 0 Å². The first-order valence-electron chi connectivity index (χ1n) is 6.26. The highest BCUT2D eigenvalue weighted by Crippen LogP contribution is 2.30. The molecule has 0 aliphatic rings. The number of rotatable bonds is 3. The van der Waals surface area contributed by atoms with Crippen LogP contribution in [0.1, 0.15) is 29.5 Å². The largest absolute Gasteiger partial charge is 0.224 e. The second kappa shape index (κ2) is 5.17. The molecule has 1 unspecified atom stereocenters. The SMILES string of the molecule is Cc1ccccc1C(C)c1ccccc1S(C)(=O)=O. The van der Waals surface area contributed by atoms with Gasteiger partial charge in [-0.1, -0.05) is 49.4 Å². The fourth-order valence-corrected chi connectivity index (χ4v) is 3.41. The Morgan fingerprint density at radius 2 is 1.42 bits per heavy atom. The van der Waals surface area contributed by atoms with E-state index in [-0.39, 0.29) is 5.92 Å². The molecule has 0 heterocycles. The van der Waals surface area contributed by atoms with Crippen molar-refractivity contribution in [1.82, 2.24) is 0 Å². The molecule has 0 spiro atoms. The molecule has 0 aliphatic carbocycles. The molecule has 0 fully saturated rings. The number of hydrogen-bond acceptors (Lipinski definition) is 2. The zero-order chi connectivity index (χ0) is 14.0. The highest BCUT2D eigenvalue weighted by atomic mass is 32.2. The van der Waals surface area contributed by atoms with Crippen molar-refractivity contribution >= 4 is 9.84 Å². The smallest absolute Gasteiger partial charge is 0.175 e. The van der Waals surface area contributed by atoms with Gasteiger partial charge in [-0.2, -0.15) is 0 Å². The lowest BCUT2D eigenvalue weighted by atomic mass is 9.90. The van der Waals surface area contributed by atoms with Crippen molar-refractivity contribution in [3.63, 3.8) is 0 Å². The van der Waals surface area contributed by atoms with Crippen molar-refractivity contribution in [3.05, 3.63) is 65.2 Å². The fraction of sp³-hybridized carbons (Fsp3) is 0.250. The predicted molar refractivity (Wildman–Crippen MR) is 78.2 cm³/mol. The average molecular weight is 274 g/mol. The Hall–Kier alpha value is -1.61. The molecule has 0 aliphatic heterocycles. The van der Waals surface area contributed by atoms with Crippen LogP contribution < -0.4 is 0 Å². The second-order valence-corrected chi connectivity index (χ2v) is 6.87. The molecule has 3 heteroatoms. The van der Waals surface area contributed by atoms with Crippen LogP contribution in [0.3, 0.4) is 0 Å². The van der Waals surface area contributed by atoms with E-state index in [1.165, 1.54) is 17.4 Å². The quantitative estimate of drug-likeness (QED) is 0.857. The van der Waals surface area contributed by atoms with Gasteiger partial charge in [-0.25, -0.2) is 8.42 Å². The Kier molecular flexibility index (Phi) is 3.76. The third kappa shape index (κ3) is 2.87. The van der Waals surface area contributed by atoms with Gasteiger partial charge in [0.05, 0.1) is 4.90 Å². The number of hydrogen-bond donors (Lipinski definition) is 0. The van der Waals surface area contributed by atoms with E-state index in [1.54, 1.807) is 12.1 Å². The fourth-order valence-electron chi connectivity index (χ4n) is 2.42. The van der Waals surface area contributed by atoms with Crippen molar-refractivity contribution in [1.29, 1.82) is 0 Å². The number of benzene rings is 2. The van der Waals surface area contributed by atoms with Gasteiger partial charge in [-0.05, 0) is 29.7 Å². The molecule has 19 heavy (non-hydrogen) atoms. The van der Waals surface area contributed by atoms with Gasteiger partial charge in [-0.3, -0.25) is 0 Å². The van der Waals surface area contributed by atoms with Gasteiger partial charge >= 0.3 is 0 Å². The maximum Gasteiger partial charge on any atom is 0.175 e. The molecule has 100 valence electrons. The van der Waals surface area contributed by atoms with Crippen LogP contribution in [0, 0.1) is 6.92 Å². The van der Waals surface area contributed by atoms with E-state index in [0.717, 1.165) is 5.56 Å². The van der Waals surface area contributed by atoms with E-state index >= 15 is 0 Å². The first kappa shape index (κ1) is 13.8. The first-order chi connectivity index (χ1) is 8.91. The highest BCUT2D eigenvalue weighted by Gasteiger charge is 2.19. The molecule has 0 saturated carbocycles. The molecular formula is C16H18O2S. The Bertz CT molecular complexity index is 687. The maximum atomic E-state index is 11.9. The summed E-state index contributed by atoms with van der Waals surface area (Å²) in [4.78, 5) is 0.422. The van der Waals surface area contributed by atoms with Crippen LogP contribution in [0.5, 0.6) is 0 Å². The number of aryl methyl sites for hydroxylation is 1. The van der Waals surface area contributed by atoms with Crippen LogP contribution in [0.25, 0.3) is 0 Å². The molecule has 0 bridgehead atoms. The topological polar surface area (TPSA) is 34.1 Å². The van der Waals surface area contributed by atoms with Crippen LogP contribution in [-0.2, 0) is 9.84 Å². The lowest BCUT2D eigenvalue weighted by molar-refractivity contribution is 0.600. The molecule has 0 saturated heterocycles. The van der Waals surface area contributed by atoms with Crippen LogP contribution in [-0.4, -0.2) is 14.7 Å². The van der Waals surface area contributed by atoms with Crippen LogP contribution in [0.2, 0.25) is 0 Å². The highest BCUT2D eigenvalue weighted by molar-refractivity contribution is 7.90. The van der Waals surface area contributed by atoms with E-state index in [1.807, 2.05) is 31.2 Å². The van der Waals surface area contributed by atoms with Gasteiger partial charge in [-0.15, -0.1) is 0 Å². The van der Waals surface area contributed by atoms with Crippen molar-refractivity contribution in [2.75, 3.05) is 6.26 Å². The Morgan fingerprint density at radius 3 is 2.00 bits per heavy atom. The lowest BCUT2D eigenvalue weighted by Gasteiger charge is -2.18. The lowest BCUT2D eigenvalue weighted by Crippen LogP contribution is -2.07. The summed E-state index contributed by atoms with van der Waals surface area (Å²) < 4.78 is 23.7. The average Bonchev–Trinajstić information content (AvgIpc) is 2.37. The standard InChI is InChI=1S/C16H18O2S/c1-12-8-4-5-9-14(12)13(2)15-10-6-7-11-16(15)19(3,17)18/h4-11,13H,1-3H3. The van der Waals surface area contributed by atoms with Crippen LogP contribution >= 0.6 is 0 Å². The van der Waals surface area contributed by atoms with Crippen LogP contribution in [0.15, 0.2) is 53.4 Å². The van der Waals surface area contributed by atoms with Gasteiger partial charge in [0, 0.05) is 12.2 Å². The molecule has 2 rings (SSSR count). The molecule has 0 amide bonds. The summed E-state index contributed by atoms with van der Waals surface area (Å²) in [5.41, 5.74) is 3.20. The predicted octanol–water partition coefficient (Wildman–Crippen LogP) is 3.55. The van der Waals surface area contributed by atoms with E-state index in [0.29, 0.717) is 4.90 Å². The van der Waals surface area contributed by atoms with Crippen molar-refractivity contribution < 1.29 is 8.42 Å². The Morgan fingerprint density at radius 1 is 0.895 bits per heavy atom. The summed E-state index contributed by atoms with van der Waals surface area (Å²) in [6.45, 7) is 4.10. The molecule has 0 radical (unpaired) electrons. The molecular weight excluding hydrogens is 256 g/mol. The summed E-state index contributed by atoms with van der Waals surface area (Å²) in [7, 11) is -3.20. The molecule has 1 atom stereocenters. The zero-order valence-electron chi connectivity index (χ0n) is 11.4. The third-order valence-electron chi connectivity index (χ3n) is 3.44. The van der Waals surface area contributed by atoms with Gasteiger partial charge in [0.1, 0.15) is 0 Å². The van der Waals surface area contributed by atoms with Gasteiger partial charge in [0.15, 0.2) is 9.84 Å². The van der Waals surface area contributed by atoms with E-state index in [2.05, 4.69) is 19.1 Å². The summed E-state index contributed by atoms with van der Waals surface area (Å²) in [5.74, 6) is 0.0622. The Labute approximate surface area is 115 Å². The molecule has 2 aromatic carbocycles. The van der Waals surface area contributed by atoms with E-state index in [4.69, 9.17) is 0 Å². The summed E-state index contributed by atoms with van der Waals surface area (Å²) in [6.07, 6.45) is 1.26. The summed E-state index contributed by atoms with van der Waals surface area (Å²) in [6, 6.07) is 15.3. The molecule has 2 nitrogen and oxygen atoms in total. The minimum absolute atomic E-state index is 0.0622. The van der Waals surface area contributed by atoms with Crippen molar-refractivity contribution in [3.8, 4) is 0 Å². The van der Waals surface area contributed by atoms with Gasteiger partial charge in [0.25, 0.3) is 0 Å². The molecule has 0 aromatic heterocycles. The summed E-state index contributed by atoms with van der Waals surface area (Å²) >= 11 is 0. The third-order valence-corrected chi connectivity index (χ3v) is 4.61. The normalized spacial score (nSPS) is 13.2. The second-order valence-electron chi connectivity index (χ2n) is 4.89. The molecule has 0 N–H and O–H groups in total. The minimum atomic E-state index is -3.20. The monoisotopic (exact) mass is 274 g/mol. The zero-order valence-corrected chi connectivity index (χ0v) is 12.2. The van der Waals surface area contributed by atoms with Crippen LogP contribution in [0.4, 0.5) is 0 Å². The summed E-state index contributed by atoms with van der Waals surface area (Å²) in [5, 5.41) is 0. The van der Waals surface area contributed by atoms with E-state index < -0.39 is 9.84 Å². The first-order valence-corrected chi connectivity index (χ1v) is 8.15. The van der Waals surface area contributed by atoms with Crippen molar-refractivity contribution in [2.45, 2.75) is 24.7 Å². The maximum absolute atomic E-state index is 11.9. The van der Waals surface area contributed by atoms with Crippen molar-refractivity contribution in [2.24, 2.45) is 0 Å². The van der Waals surface area contributed by atoms with E-state index in [9.17, 15) is 8.42 Å². The molecule has 2 aromatic rings. The number of sulfone groups is 1. The Balaban J connectivity index is 2.58.